The van der Waals surface area contributed by atoms with Crippen molar-refractivity contribution in [2.24, 2.45) is 0 Å². The molecule has 3 atom stereocenters. The van der Waals surface area contributed by atoms with Gasteiger partial charge in [-0.2, -0.15) is 0 Å². The smallest absolute Gasteiger partial charge is 0.271 e. The van der Waals surface area contributed by atoms with Crippen molar-refractivity contribution < 1.29 is 19.4 Å². The lowest BCUT2D eigenvalue weighted by Crippen LogP contribution is -2.40. The molecule has 0 aliphatic carbocycles. The van der Waals surface area contributed by atoms with Gasteiger partial charge in [-0.1, -0.05) is 92.1 Å². The van der Waals surface area contributed by atoms with Gasteiger partial charge in [0, 0.05) is 25.1 Å². The number of amides is 1. The number of benzene rings is 4. The van der Waals surface area contributed by atoms with Crippen molar-refractivity contribution in [2.75, 3.05) is 19.6 Å². The molecule has 2 aliphatic heterocycles. The summed E-state index contributed by atoms with van der Waals surface area (Å²) in [4.78, 5) is 24.3. The highest BCUT2D eigenvalue weighted by Gasteiger charge is 2.33. The molecule has 8 nitrogen and oxygen atoms in total. The van der Waals surface area contributed by atoms with Crippen LogP contribution < -0.4 is 5.32 Å². The van der Waals surface area contributed by atoms with Gasteiger partial charge in [0.1, 0.15) is 5.69 Å². The Morgan fingerprint density at radius 3 is 2.31 bits per heavy atom. The highest BCUT2D eigenvalue weighted by atomic mass is 16.7. The summed E-state index contributed by atoms with van der Waals surface area (Å²) in [5.74, 6) is -0.261. The number of aliphatic hydroxyl groups excluding tert-OH is 1. The fraction of sp³-hybridized carbons (Fsp3) is 0.341. The number of likely N-dealkylation sites (tertiary alicyclic amines) is 1. The topological polar surface area (TPSA) is 96.8 Å². The summed E-state index contributed by atoms with van der Waals surface area (Å²) >= 11 is 0. The number of hydrogen-bond acceptors (Lipinski definition) is 7. The molecular weight excluding hydrogens is 612 g/mol. The molecule has 1 amide bonds. The summed E-state index contributed by atoms with van der Waals surface area (Å²) in [5.41, 5.74) is 7.78. The molecule has 7 rings (SSSR count). The number of aliphatic hydroxyl groups is 1. The molecule has 5 aromatic rings. The molecule has 2 aliphatic rings. The van der Waals surface area contributed by atoms with Crippen LogP contribution in [0.15, 0.2) is 103 Å². The van der Waals surface area contributed by atoms with E-state index in [0.717, 1.165) is 65.0 Å². The van der Waals surface area contributed by atoms with Crippen LogP contribution in [0.4, 0.5) is 0 Å². The third-order valence-corrected chi connectivity index (χ3v) is 9.58. The minimum absolute atomic E-state index is 0.0224. The monoisotopic (exact) mass is 656 g/mol. The van der Waals surface area contributed by atoms with Gasteiger partial charge in [-0.25, -0.2) is 4.98 Å². The normalized spacial score (nSPS) is 20.4. The van der Waals surface area contributed by atoms with Gasteiger partial charge in [0.15, 0.2) is 6.29 Å². The van der Waals surface area contributed by atoms with Gasteiger partial charge in [-0.15, -0.1) is 0 Å². The zero-order chi connectivity index (χ0) is 33.4. The molecule has 0 bridgehead atoms. The quantitative estimate of drug-likeness (QED) is 0.169. The van der Waals surface area contributed by atoms with Crippen LogP contribution in [0.1, 0.15) is 83.7 Å². The van der Waals surface area contributed by atoms with E-state index in [1.165, 1.54) is 38.3 Å². The molecule has 252 valence electrons. The summed E-state index contributed by atoms with van der Waals surface area (Å²) in [7, 11) is 0. The Morgan fingerprint density at radius 2 is 1.51 bits per heavy atom. The maximum atomic E-state index is 12.9. The minimum atomic E-state index is -0.512. The molecule has 2 saturated heterocycles. The Morgan fingerprint density at radius 1 is 0.776 bits per heavy atom. The molecule has 3 heterocycles. The van der Waals surface area contributed by atoms with Crippen molar-refractivity contribution in [3.63, 3.8) is 0 Å². The molecular formula is C41H44N4O4. The van der Waals surface area contributed by atoms with Crippen LogP contribution in [0.2, 0.25) is 0 Å². The maximum absolute atomic E-state index is 12.9. The van der Waals surface area contributed by atoms with Crippen molar-refractivity contribution in [3.8, 4) is 11.1 Å². The van der Waals surface area contributed by atoms with Crippen LogP contribution in [-0.2, 0) is 22.6 Å². The maximum Gasteiger partial charge on any atom is 0.271 e. The van der Waals surface area contributed by atoms with Crippen LogP contribution in [0.3, 0.4) is 0 Å². The summed E-state index contributed by atoms with van der Waals surface area (Å²) in [6.45, 7) is 3.51. The molecule has 2 fully saturated rings. The van der Waals surface area contributed by atoms with Crippen LogP contribution in [-0.4, -0.2) is 51.6 Å². The number of nitrogens with zero attached hydrogens (tertiary/aromatic N) is 3. The molecule has 2 N–H and O–H groups in total. The zero-order valence-corrected chi connectivity index (χ0v) is 27.8. The fourth-order valence-electron chi connectivity index (χ4n) is 6.88. The molecule has 0 saturated carbocycles. The van der Waals surface area contributed by atoms with E-state index in [-0.39, 0.29) is 24.7 Å². The Balaban J connectivity index is 1.07. The highest BCUT2D eigenvalue weighted by Crippen LogP contribution is 2.39. The first-order valence-electron chi connectivity index (χ1n) is 17.5. The van der Waals surface area contributed by atoms with Gasteiger partial charge in [-0.05, 0) is 78.0 Å². The highest BCUT2D eigenvalue weighted by molar-refractivity contribution is 5.93. The number of nitrogens with one attached hydrogen (secondary N) is 1. The lowest BCUT2D eigenvalue weighted by molar-refractivity contribution is -0.253. The largest absolute Gasteiger partial charge is 0.392 e. The zero-order valence-electron chi connectivity index (χ0n) is 27.8. The first-order chi connectivity index (χ1) is 24.1. The predicted octanol–water partition coefficient (Wildman–Crippen LogP) is 7.53. The summed E-state index contributed by atoms with van der Waals surface area (Å²) in [6, 6.07) is 32.2. The van der Waals surface area contributed by atoms with E-state index in [1.54, 1.807) is 0 Å². The summed E-state index contributed by atoms with van der Waals surface area (Å²) in [6.07, 6.45) is 8.11. The standard InChI is InChI=1S/C41H44N4O4/c46-28-29-16-18-31(19-17-29)39-24-35(27-45-20-6-2-1-3-7-21-45)48-41(49-39)34-13-9-12-33(23-34)32-11-8-10-30(22-32)25-43-40(47)38-26-42-36-14-4-5-15-37(36)44-38/h4-5,8-19,22-23,26,35,39,41,46H,1-3,6-7,20-21,24-25,27-28H2,(H,43,47). The summed E-state index contributed by atoms with van der Waals surface area (Å²) in [5, 5.41) is 12.6. The Kier molecular flexibility index (Phi) is 10.7. The average Bonchev–Trinajstić information content (AvgIpc) is 3.15. The van der Waals surface area contributed by atoms with Crippen LogP contribution >= 0.6 is 0 Å². The molecule has 49 heavy (non-hydrogen) atoms. The molecule has 0 spiro atoms. The van der Waals surface area contributed by atoms with Gasteiger partial charge in [0.25, 0.3) is 5.91 Å². The van der Waals surface area contributed by atoms with E-state index in [0.29, 0.717) is 17.8 Å². The van der Waals surface area contributed by atoms with E-state index in [4.69, 9.17) is 9.47 Å². The molecule has 0 radical (unpaired) electrons. The second kappa shape index (κ2) is 15.8. The SMILES string of the molecule is O=C(NCc1cccc(-c2cccc(C3OC(CN4CCCCCCC4)CC(c4ccc(CO)cc4)O3)c2)c1)c1cnc2ccccc2n1. The van der Waals surface area contributed by atoms with Gasteiger partial charge >= 0.3 is 0 Å². The Labute approximate surface area is 288 Å². The van der Waals surface area contributed by atoms with E-state index < -0.39 is 6.29 Å². The number of carbonyl (C=O) groups excluding carboxylic acids is 1. The third-order valence-electron chi connectivity index (χ3n) is 9.58. The second-order valence-corrected chi connectivity index (χ2v) is 13.2. The van der Waals surface area contributed by atoms with Crippen molar-refractivity contribution in [2.45, 2.75) is 70.2 Å². The van der Waals surface area contributed by atoms with Crippen molar-refractivity contribution in [3.05, 3.63) is 131 Å². The number of fused-ring (bicyclic) bond motifs is 1. The van der Waals surface area contributed by atoms with Crippen molar-refractivity contribution in [1.29, 1.82) is 0 Å². The first-order valence-corrected chi connectivity index (χ1v) is 17.5. The molecule has 4 aromatic carbocycles. The Hall–Kier alpha value is -4.47. The van der Waals surface area contributed by atoms with E-state index in [9.17, 15) is 9.90 Å². The van der Waals surface area contributed by atoms with Gasteiger partial charge in [0.05, 0.1) is 36.0 Å². The number of para-hydroxylation sites is 2. The molecule has 8 heteroatoms. The van der Waals surface area contributed by atoms with Crippen molar-refractivity contribution in [1.82, 2.24) is 20.2 Å². The van der Waals surface area contributed by atoms with E-state index >= 15 is 0 Å². The van der Waals surface area contributed by atoms with Crippen LogP contribution in [0.25, 0.3) is 22.2 Å². The number of aromatic nitrogens is 2. The number of carbonyl (C=O) groups is 1. The third kappa shape index (κ3) is 8.40. The van der Waals surface area contributed by atoms with Crippen molar-refractivity contribution >= 4 is 16.9 Å². The summed E-state index contributed by atoms with van der Waals surface area (Å²) < 4.78 is 13.4. The van der Waals surface area contributed by atoms with Gasteiger partial charge in [0.2, 0.25) is 0 Å². The fourth-order valence-corrected chi connectivity index (χ4v) is 6.88. The lowest BCUT2D eigenvalue weighted by Gasteiger charge is -2.39. The van der Waals surface area contributed by atoms with E-state index in [1.807, 2.05) is 48.5 Å². The Bertz CT molecular complexity index is 1850. The molecule has 1 aromatic heterocycles. The van der Waals surface area contributed by atoms with Crippen LogP contribution in [0.5, 0.6) is 0 Å². The van der Waals surface area contributed by atoms with E-state index in [2.05, 4.69) is 68.7 Å². The molecule has 3 unspecified atom stereocenters. The number of ether oxygens (including phenoxy) is 2. The predicted molar refractivity (Wildman–Crippen MR) is 191 cm³/mol. The van der Waals surface area contributed by atoms with Crippen LogP contribution in [0, 0.1) is 0 Å². The van der Waals surface area contributed by atoms with Gasteiger partial charge < -0.3 is 24.8 Å². The average molecular weight is 657 g/mol. The number of hydrogen-bond donors (Lipinski definition) is 2. The second-order valence-electron chi connectivity index (χ2n) is 13.2. The lowest BCUT2D eigenvalue weighted by atomic mass is 9.98. The number of rotatable bonds is 9. The van der Waals surface area contributed by atoms with Gasteiger partial charge in [-0.3, -0.25) is 9.78 Å². The first kappa shape index (κ1) is 33.0. The minimum Gasteiger partial charge on any atom is -0.392 e.